The molecule has 0 fully saturated rings. The Hall–Kier alpha value is -2.07. The normalized spacial score (nSPS) is 10.5. The Morgan fingerprint density at radius 1 is 1.09 bits per heavy atom. The highest BCUT2D eigenvalue weighted by atomic mass is 16.5. The van der Waals surface area contributed by atoms with E-state index in [0.717, 1.165) is 48.0 Å². The van der Waals surface area contributed by atoms with E-state index in [9.17, 15) is 0 Å². The fourth-order valence-corrected chi connectivity index (χ4v) is 2.19. The van der Waals surface area contributed by atoms with Gasteiger partial charge in [-0.25, -0.2) is 0 Å². The topological polar surface area (TPSA) is 43.4 Å². The summed E-state index contributed by atoms with van der Waals surface area (Å²) in [5.74, 6) is 1.58. The predicted octanol–water partition coefficient (Wildman–Crippen LogP) is 3.48. The van der Waals surface area contributed by atoms with Crippen LogP contribution in [0, 0.1) is 6.92 Å². The Labute approximate surface area is 132 Å². The van der Waals surface area contributed by atoms with Crippen molar-refractivity contribution in [3.63, 3.8) is 0 Å². The quantitative estimate of drug-likeness (QED) is 0.810. The van der Waals surface area contributed by atoms with Crippen LogP contribution in [0.25, 0.3) is 0 Å². The molecule has 1 aromatic carbocycles. The Kier molecular flexibility index (Phi) is 6.22. The maximum atomic E-state index is 5.66. The lowest BCUT2D eigenvalue weighted by Gasteiger charge is -2.12. The van der Waals surface area contributed by atoms with Crippen LogP contribution in [0.4, 0.5) is 0 Å². The largest absolute Gasteiger partial charge is 0.493 e. The molecule has 1 aromatic heterocycles. The van der Waals surface area contributed by atoms with Gasteiger partial charge >= 0.3 is 0 Å². The molecule has 0 aliphatic heterocycles. The van der Waals surface area contributed by atoms with Gasteiger partial charge in [-0.15, -0.1) is 0 Å². The Morgan fingerprint density at radius 2 is 1.95 bits per heavy atom. The second-order valence-electron chi connectivity index (χ2n) is 5.21. The molecule has 22 heavy (non-hydrogen) atoms. The first kappa shape index (κ1) is 16.3. The molecule has 0 amide bonds. The van der Waals surface area contributed by atoms with Crippen molar-refractivity contribution in [3.05, 3.63) is 53.3 Å². The summed E-state index contributed by atoms with van der Waals surface area (Å²) in [6.07, 6.45) is 0.982. The van der Waals surface area contributed by atoms with Crippen molar-refractivity contribution >= 4 is 0 Å². The van der Waals surface area contributed by atoms with Gasteiger partial charge in [0.1, 0.15) is 0 Å². The minimum Gasteiger partial charge on any atom is -0.493 e. The second-order valence-corrected chi connectivity index (χ2v) is 5.21. The molecule has 4 nitrogen and oxygen atoms in total. The summed E-state index contributed by atoms with van der Waals surface area (Å²) in [7, 11) is 1.67. The molecule has 0 unspecified atom stereocenters. The third kappa shape index (κ3) is 4.74. The zero-order chi connectivity index (χ0) is 15.8. The summed E-state index contributed by atoms with van der Waals surface area (Å²) in [6, 6.07) is 12.1. The first-order valence-electron chi connectivity index (χ1n) is 7.66. The number of methoxy groups -OCH3 is 1. The van der Waals surface area contributed by atoms with E-state index in [1.165, 1.54) is 0 Å². The van der Waals surface area contributed by atoms with Gasteiger partial charge in [-0.3, -0.25) is 4.98 Å². The number of hydrogen-bond donors (Lipinski definition) is 1. The molecule has 0 spiro atoms. The van der Waals surface area contributed by atoms with E-state index in [2.05, 4.69) is 23.3 Å². The third-order valence-electron chi connectivity index (χ3n) is 3.27. The number of pyridine rings is 1. The van der Waals surface area contributed by atoms with Gasteiger partial charge in [0.15, 0.2) is 11.5 Å². The van der Waals surface area contributed by atoms with E-state index in [4.69, 9.17) is 9.47 Å². The molecule has 118 valence electrons. The van der Waals surface area contributed by atoms with Crippen molar-refractivity contribution in [1.29, 1.82) is 0 Å². The summed E-state index contributed by atoms with van der Waals surface area (Å²) >= 11 is 0. The maximum Gasteiger partial charge on any atom is 0.161 e. The number of rotatable bonds is 8. The van der Waals surface area contributed by atoms with E-state index in [-0.39, 0.29) is 0 Å². The van der Waals surface area contributed by atoms with Crippen LogP contribution in [0.2, 0.25) is 0 Å². The number of nitrogens with zero attached hydrogens (tertiary/aromatic N) is 1. The van der Waals surface area contributed by atoms with Crippen molar-refractivity contribution in [2.45, 2.75) is 33.4 Å². The van der Waals surface area contributed by atoms with Gasteiger partial charge in [0.2, 0.25) is 0 Å². The number of aromatic nitrogens is 1. The highest BCUT2D eigenvalue weighted by Gasteiger charge is 2.05. The number of benzene rings is 1. The van der Waals surface area contributed by atoms with Gasteiger partial charge in [0.05, 0.1) is 19.4 Å². The minimum absolute atomic E-state index is 0.701. The molecule has 0 bridgehead atoms. The van der Waals surface area contributed by atoms with Gasteiger partial charge in [-0.2, -0.15) is 0 Å². The number of nitrogens with one attached hydrogen (secondary N) is 1. The zero-order valence-corrected chi connectivity index (χ0v) is 13.6. The Balaban J connectivity index is 1.92. The molecule has 0 atom stereocenters. The molecular weight excluding hydrogens is 276 g/mol. The molecular formula is C18H24N2O2. The molecule has 0 aliphatic rings. The average Bonchev–Trinajstić information content (AvgIpc) is 2.53. The van der Waals surface area contributed by atoms with Crippen LogP contribution in [0.1, 0.15) is 30.3 Å². The van der Waals surface area contributed by atoms with Crippen LogP contribution in [-0.4, -0.2) is 18.7 Å². The second kappa shape index (κ2) is 8.39. The molecule has 4 heteroatoms. The van der Waals surface area contributed by atoms with Gasteiger partial charge in [-0.1, -0.05) is 19.1 Å². The molecule has 1 N–H and O–H groups in total. The van der Waals surface area contributed by atoms with E-state index in [0.29, 0.717) is 6.61 Å². The third-order valence-corrected chi connectivity index (χ3v) is 3.27. The monoisotopic (exact) mass is 300 g/mol. The lowest BCUT2D eigenvalue weighted by molar-refractivity contribution is 0.294. The molecule has 2 rings (SSSR count). The summed E-state index contributed by atoms with van der Waals surface area (Å²) < 4.78 is 11.1. The molecule has 0 saturated heterocycles. The van der Waals surface area contributed by atoms with Crippen molar-refractivity contribution in [3.8, 4) is 11.5 Å². The summed E-state index contributed by atoms with van der Waals surface area (Å²) in [5, 5.41) is 3.40. The lowest BCUT2D eigenvalue weighted by Crippen LogP contribution is -2.14. The molecule has 1 heterocycles. The van der Waals surface area contributed by atoms with Crippen LogP contribution in [0.15, 0.2) is 36.4 Å². The standard InChI is InChI=1S/C18H24N2O2/c1-4-10-22-17-9-8-15(11-18(17)21-3)12-19-13-16-7-5-6-14(2)20-16/h5-9,11,19H,4,10,12-13H2,1-3H3. The van der Waals surface area contributed by atoms with Crippen molar-refractivity contribution < 1.29 is 9.47 Å². The van der Waals surface area contributed by atoms with Crippen LogP contribution in [0.5, 0.6) is 11.5 Å². The fraction of sp³-hybridized carbons (Fsp3) is 0.389. The smallest absolute Gasteiger partial charge is 0.161 e. The maximum absolute atomic E-state index is 5.66. The van der Waals surface area contributed by atoms with E-state index in [1.54, 1.807) is 7.11 Å². The summed E-state index contributed by atoms with van der Waals surface area (Å²) in [6.45, 7) is 6.30. The SMILES string of the molecule is CCCOc1ccc(CNCc2cccc(C)n2)cc1OC. The van der Waals surface area contributed by atoms with Gasteiger partial charge in [0, 0.05) is 18.8 Å². The highest BCUT2D eigenvalue weighted by molar-refractivity contribution is 5.42. The van der Waals surface area contributed by atoms with Gasteiger partial charge in [0.25, 0.3) is 0 Å². The molecule has 0 aliphatic carbocycles. The van der Waals surface area contributed by atoms with Crippen molar-refractivity contribution in [2.24, 2.45) is 0 Å². The Morgan fingerprint density at radius 3 is 2.68 bits per heavy atom. The van der Waals surface area contributed by atoms with Crippen LogP contribution in [-0.2, 0) is 13.1 Å². The fourth-order valence-electron chi connectivity index (χ4n) is 2.19. The van der Waals surface area contributed by atoms with Crippen molar-refractivity contribution in [1.82, 2.24) is 10.3 Å². The zero-order valence-electron chi connectivity index (χ0n) is 13.6. The number of hydrogen-bond acceptors (Lipinski definition) is 4. The molecule has 2 aromatic rings. The first-order chi connectivity index (χ1) is 10.7. The number of ether oxygens (including phenoxy) is 2. The summed E-state index contributed by atoms with van der Waals surface area (Å²) in [4.78, 5) is 4.48. The minimum atomic E-state index is 0.701. The van der Waals surface area contributed by atoms with Crippen LogP contribution >= 0.6 is 0 Å². The average molecular weight is 300 g/mol. The molecule has 0 saturated carbocycles. The Bertz CT molecular complexity index is 599. The molecule has 0 radical (unpaired) electrons. The van der Waals surface area contributed by atoms with Crippen LogP contribution in [0.3, 0.4) is 0 Å². The number of aryl methyl sites for hydroxylation is 1. The predicted molar refractivity (Wildman–Crippen MR) is 88.3 cm³/mol. The first-order valence-corrected chi connectivity index (χ1v) is 7.66. The van der Waals surface area contributed by atoms with Gasteiger partial charge in [-0.05, 0) is 43.2 Å². The van der Waals surface area contributed by atoms with Crippen LogP contribution < -0.4 is 14.8 Å². The van der Waals surface area contributed by atoms with Gasteiger partial charge < -0.3 is 14.8 Å². The summed E-state index contributed by atoms with van der Waals surface area (Å²) in [5.41, 5.74) is 3.25. The lowest BCUT2D eigenvalue weighted by atomic mass is 10.2. The van der Waals surface area contributed by atoms with E-state index < -0.39 is 0 Å². The van der Waals surface area contributed by atoms with E-state index in [1.807, 2.05) is 37.3 Å². The highest BCUT2D eigenvalue weighted by Crippen LogP contribution is 2.28. The van der Waals surface area contributed by atoms with E-state index >= 15 is 0 Å². The van der Waals surface area contributed by atoms with Crippen molar-refractivity contribution in [2.75, 3.05) is 13.7 Å².